The molecule has 0 atom stereocenters. The van der Waals surface area contributed by atoms with Crippen LogP contribution in [0.25, 0.3) is 11.2 Å². The lowest BCUT2D eigenvalue weighted by Gasteiger charge is -2.36. The summed E-state index contributed by atoms with van der Waals surface area (Å²) >= 11 is 0. The van der Waals surface area contributed by atoms with E-state index in [1.54, 1.807) is 18.5 Å². The molecule has 0 spiro atoms. The number of sulfonamides is 1. The number of nitrogens with one attached hydrogen (secondary N) is 1. The second-order valence-corrected chi connectivity index (χ2v) is 7.73. The lowest BCUT2D eigenvalue weighted by atomic mass is 10.1. The van der Waals surface area contributed by atoms with E-state index in [-0.39, 0.29) is 4.90 Å². The van der Waals surface area contributed by atoms with Crippen LogP contribution in [0, 0.1) is 0 Å². The average molecular weight is 369 g/mol. The highest BCUT2D eigenvalue weighted by molar-refractivity contribution is 7.90. The van der Waals surface area contributed by atoms with Crippen molar-refractivity contribution in [3.63, 3.8) is 0 Å². The van der Waals surface area contributed by atoms with Gasteiger partial charge in [0.15, 0.2) is 17.3 Å². The van der Waals surface area contributed by atoms with Crippen molar-refractivity contribution >= 4 is 32.8 Å². The molecule has 1 aromatic carbocycles. The smallest absolute Gasteiger partial charge is 0.285 e. The number of aromatic nitrogens is 4. The van der Waals surface area contributed by atoms with Gasteiger partial charge in [-0.2, -0.15) is 8.42 Å². The zero-order valence-corrected chi connectivity index (χ0v) is 14.5. The lowest BCUT2D eigenvalue weighted by Crippen LogP contribution is -2.49. The minimum absolute atomic E-state index is 0.285. The second kappa shape index (κ2) is 5.49. The maximum atomic E-state index is 12.3. The first-order chi connectivity index (χ1) is 12.6. The van der Waals surface area contributed by atoms with Gasteiger partial charge in [-0.25, -0.2) is 15.0 Å². The number of rotatable bonds is 1. The van der Waals surface area contributed by atoms with E-state index in [0.29, 0.717) is 43.2 Å². The summed E-state index contributed by atoms with van der Waals surface area (Å²) in [6.45, 7) is 2.71. The Labute approximate surface area is 149 Å². The Morgan fingerprint density at radius 1 is 0.962 bits per heavy atom. The van der Waals surface area contributed by atoms with E-state index < -0.39 is 10.0 Å². The molecule has 4 heterocycles. The minimum Gasteiger partial charge on any atom is -0.352 e. The van der Waals surface area contributed by atoms with Crippen molar-refractivity contribution in [3.8, 4) is 0 Å². The van der Waals surface area contributed by atoms with Gasteiger partial charge in [-0.15, -0.1) is 4.40 Å². The molecule has 5 rings (SSSR count). The fourth-order valence-corrected chi connectivity index (χ4v) is 4.67. The summed E-state index contributed by atoms with van der Waals surface area (Å²) in [7, 11) is -3.59. The molecule has 9 nitrogen and oxygen atoms in total. The maximum Gasteiger partial charge on any atom is 0.285 e. The molecule has 10 heteroatoms. The Hall–Kier alpha value is -3.01. The number of amidine groups is 1. The van der Waals surface area contributed by atoms with Crippen LogP contribution in [0.15, 0.2) is 46.2 Å². The molecule has 1 N–H and O–H groups in total. The van der Waals surface area contributed by atoms with E-state index in [1.165, 1.54) is 6.33 Å². The summed E-state index contributed by atoms with van der Waals surface area (Å²) in [6, 6.07) is 6.97. The van der Waals surface area contributed by atoms with Gasteiger partial charge in [-0.05, 0) is 12.1 Å². The topological polar surface area (TPSA) is 107 Å². The first-order valence-corrected chi connectivity index (χ1v) is 9.66. The predicted octanol–water partition coefficient (Wildman–Crippen LogP) is 0.624. The Bertz CT molecular complexity index is 1130. The average Bonchev–Trinajstić information content (AvgIpc) is 3.25. The van der Waals surface area contributed by atoms with E-state index in [2.05, 4.69) is 29.2 Å². The molecule has 2 aromatic heterocycles. The van der Waals surface area contributed by atoms with Gasteiger partial charge < -0.3 is 14.8 Å². The molecule has 1 fully saturated rings. The number of benzene rings is 1. The summed E-state index contributed by atoms with van der Waals surface area (Å²) in [6.07, 6.45) is 3.11. The fourth-order valence-electron chi connectivity index (χ4n) is 3.44. The third kappa shape index (κ3) is 2.25. The Morgan fingerprint density at radius 3 is 2.58 bits per heavy atom. The molecule has 0 saturated carbocycles. The Kier molecular flexibility index (Phi) is 3.23. The molecule has 2 aliphatic heterocycles. The van der Waals surface area contributed by atoms with Gasteiger partial charge in [-0.1, -0.05) is 12.1 Å². The highest BCUT2D eigenvalue weighted by atomic mass is 32.2. The van der Waals surface area contributed by atoms with Crippen molar-refractivity contribution in [3.05, 3.63) is 42.5 Å². The van der Waals surface area contributed by atoms with Crippen LogP contribution in [0.4, 0.5) is 5.82 Å². The maximum absolute atomic E-state index is 12.3. The van der Waals surface area contributed by atoms with Gasteiger partial charge in [0, 0.05) is 31.7 Å². The van der Waals surface area contributed by atoms with Gasteiger partial charge in [-0.3, -0.25) is 0 Å². The zero-order valence-electron chi connectivity index (χ0n) is 13.7. The highest BCUT2D eigenvalue weighted by Gasteiger charge is 2.33. The SMILES string of the molecule is O=S1(=O)N=C(N2CCN(c3ncnc4nc[nH]c34)CC2)c2ccccc21. The number of fused-ring (bicyclic) bond motifs is 2. The molecule has 0 amide bonds. The van der Waals surface area contributed by atoms with E-state index in [0.717, 1.165) is 11.3 Å². The number of anilines is 1. The molecular weight excluding hydrogens is 354 g/mol. The van der Waals surface area contributed by atoms with E-state index in [1.807, 2.05) is 17.0 Å². The standard InChI is InChI=1S/C16H15N7O2S/c24-26(25)12-4-2-1-3-11(12)15(21-26)22-5-7-23(8-6-22)16-13-14(18-9-17-13)19-10-20-16/h1-4,9-10H,5-8H2,(H,17,18,19,20). The van der Waals surface area contributed by atoms with Gasteiger partial charge in [0.25, 0.3) is 10.0 Å². The van der Waals surface area contributed by atoms with Crippen LogP contribution in [0.5, 0.6) is 0 Å². The fraction of sp³-hybridized carbons (Fsp3) is 0.250. The quantitative estimate of drug-likeness (QED) is 0.670. The summed E-state index contributed by atoms with van der Waals surface area (Å²) < 4.78 is 28.5. The van der Waals surface area contributed by atoms with Crippen molar-refractivity contribution in [2.45, 2.75) is 4.90 Å². The van der Waals surface area contributed by atoms with Gasteiger partial charge in [0.05, 0.1) is 6.33 Å². The normalized spacial score (nSPS) is 18.8. The first kappa shape index (κ1) is 15.3. The monoisotopic (exact) mass is 369 g/mol. The van der Waals surface area contributed by atoms with Crippen molar-refractivity contribution in [2.75, 3.05) is 31.1 Å². The molecule has 1 saturated heterocycles. The van der Waals surface area contributed by atoms with Crippen LogP contribution >= 0.6 is 0 Å². The van der Waals surface area contributed by atoms with Crippen molar-refractivity contribution < 1.29 is 8.42 Å². The molecule has 0 aliphatic carbocycles. The molecule has 0 unspecified atom stereocenters. The molecule has 0 radical (unpaired) electrons. The van der Waals surface area contributed by atoms with Crippen LogP contribution in [0.2, 0.25) is 0 Å². The van der Waals surface area contributed by atoms with E-state index in [4.69, 9.17) is 0 Å². The van der Waals surface area contributed by atoms with Gasteiger partial charge >= 0.3 is 0 Å². The molecule has 132 valence electrons. The number of H-pyrrole nitrogens is 1. The van der Waals surface area contributed by atoms with Crippen molar-refractivity contribution in [1.29, 1.82) is 0 Å². The number of hydrogen-bond acceptors (Lipinski definition) is 7. The molecule has 0 bridgehead atoms. The van der Waals surface area contributed by atoms with Crippen LogP contribution in [-0.4, -0.2) is 65.3 Å². The van der Waals surface area contributed by atoms with E-state index >= 15 is 0 Å². The number of hydrogen-bond donors (Lipinski definition) is 1. The van der Waals surface area contributed by atoms with Crippen LogP contribution in [-0.2, 0) is 10.0 Å². The number of nitrogens with zero attached hydrogens (tertiary/aromatic N) is 6. The van der Waals surface area contributed by atoms with Crippen LogP contribution in [0.1, 0.15) is 5.56 Å². The summed E-state index contributed by atoms with van der Waals surface area (Å²) in [5.74, 6) is 1.35. The third-order valence-electron chi connectivity index (χ3n) is 4.69. The second-order valence-electron chi connectivity index (χ2n) is 6.16. The van der Waals surface area contributed by atoms with Gasteiger partial charge in [0.2, 0.25) is 0 Å². The Balaban J connectivity index is 1.41. The zero-order chi connectivity index (χ0) is 17.7. The molecular formula is C16H15N7O2S. The lowest BCUT2D eigenvalue weighted by molar-refractivity contribution is 0.386. The van der Waals surface area contributed by atoms with E-state index in [9.17, 15) is 8.42 Å². The number of piperazine rings is 1. The Morgan fingerprint density at radius 2 is 1.73 bits per heavy atom. The summed E-state index contributed by atoms with van der Waals surface area (Å²) in [5.41, 5.74) is 2.13. The predicted molar refractivity (Wildman–Crippen MR) is 95.6 cm³/mol. The first-order valence-electron chi connectivity index (χ1n) is 8.22. The van der Waals surface area contributed by atoms with Crippen molar-refractivity contribution in [2.24, 2.45) is 4.40 Å². The molecule has 26 heavy (non-hydrogen) atoms. The van der Waals surface area contributed by atoms with Crippen LogP contribution in [0.3, 0.4) is 0 Å². The summed E-state index contributed by atoms with van der Waals surface area (Å²) in [5, 5.41) is 0. The number of aromatic amines is 1. The minimum atomic E-state index is -3.59. The molecule has 3 aromatic rings. The van der Waals surface area contributed by atoms with Crippen LogP contribution < -0.4 is 4.90 Å². The van der Waals surface area contributed by atoms with Gasteiger partial charge in [0.1, 0.15) is 16.7 Å². The number of imidazole rings is 1. The van der Waals surface area contributed by atoms with Crippen molar-refractivity contribution in [1.82, 2.24) is 24.8 Å². The third-order valence-corrected chi connectivity index (χ3v) is 6.02. The largest absolute Gasteiger partial charge is 0.352 e. The summed E-state index contributed by atoms with van der Waals surface area (Å²) in [4.78, 5) is 20.2. The molecule has 2 aliphatic rings. The highest BCUT2D eigenvalue weighted by Crippen LogP contribution is 2.28.